The Morgan fingerprint density at radius 3 is 1.25 bits per heavy atom. The van der Waals surface area contributed by atoms with E-state index in [1.165, 1.54) is 27.0 Å². The van der Waals surface area contributed by atoms with Gasteiger partial charge in [-0.1, -0.05) is 0 Å². The molecule has 0 rings (SSSR count). The van der Waals surface area contributed by atoms with E-state index in [1.807, 2.05) is 0 Å². The Morgan fingerprint density at radius 2 is 1.25 bits per heavy atom. The molecular weight excluding hydrogens is 158 g/mol. The molecule has 3 N–H and O–H groups in total. The number of hydrogen-bond acceptors (Lipinski definition) is 3. The Bertz CT molecular complexity index is 133. The Balaban J connectivity index is 4.89. The van der Waals surface area contributed by atoms with E-state index in [0.29, 0.717) is 0 Å². The summed E-state index contributed by atoms with van der Waals surface area (Å²) in [4.78, 5) is 0. The second-order valence-corrected chi connectivity index (χ2v) is 2.97. The smallest absolute Gasteiger partial charge is 0.195 e. The summed E-state index contributed by atoms with van der Waals surface area (Å²) >= 11 is 0. The molecule has 0 aromatic heterocycles. The first-order chi connectivity index (χ1) is 5.39. The van der Waals surface area contributed by atoms with Crippen LogP contribution in [0.2, 0.25) is 0 Å². The van der Waals surface area contributed by atoms with Crippen molar-refractivity contribution in [3.63, 3.8) is 0 Å². The molecule has 3 atom stereocenters. The van der Waals surface area contributed by atoms with Crippen molar-refractivity contribution in [3.8, 4) is 0 Å². The van der Waals surface area contributed by atoms with Gasteiger partial charge in [0.1, 0.15) is 0 Å². The van der Waals surface area contributed by atoms with Gasteiger partial charge in [-0.3, -0.25) is 0 Å². The first-order valence-corrected chi connectivity index (χ1v) is 3.95. The quantitative estimate of drug-likeness (QED) is 0.416. The van der Waals surface area contributed by atoms with Gasteiger partial charge in [-0.05, 0) is 6.58 Å². The van der Waals surface area contributed by atoms with Crippen molar-refractivity contribution in [2.24, 2.45) is 0 Å². The molecule has 0 aromatic rings. The molecule has 0 aliphatic carbocycles. The molecule has 0 bridgehead atoms. The topological polar surface area (TPSA) is 60.7 Å². The first kappa shape index (κ1) is 11.6. The third-order valence-electron chi connectivity index (χ3n) is 2.26. The van der Waals surface area contributed by atoms with Crippen molar-refractivity contribution in [2.75, 3.05) is 0 Å². The number of quaternary nitrogens is 1. The molecule has 0 saturated heterocycles. The molecule has 0 aliphatic heterocycles. The van der Waals surface area contributed by atoms with Gasteiger partial charge >= 0.3 is 0 Å². The van der Waals surface area contributed by atoms with Gasteiger partial charge in [-0.15, -0.1) is 0 Å². The zero-order chi connectivity index (χ0) is 9.94. The summed E-state index contributed by atoms with van der Waals surface area (Å²) in [6.45, 7) is 7.99. The highest BCUT2D eigenvalue weighted by atomic mass is 16.4. The minimum Gasteiger partial charge on any atom is -0.345 e. The highest BCUT2D eigenvalue weighted by Gasteiger charge is 2.39. The predicted octanol–water partition coefficient (Wildman–Crippen LogP) is -0.0384. The zero-order valence-corrected chi connectivity index (χ0v) is 7.81. The Kier molecular flexibility index (Phi) is 3.86. The molecule has 0 amide bonds. The summed E-state index contributed by atoms with van der Waals surface area (Å²) in [6, 6.07) is 0. The summed E-state index contributed by atoms with van der Waals surface area (Å²) in [6.07, 6.45) is -1.31. The van der Waals surface area contributed by atoms with Crippen LogP contribution in [-0.4, -0.2) is 38.5 Å². The second-order valence-electron chi connectivity index (χ2n) is 2.97. The van der Waals surface area contributed by atoms with Gasteiger partial charge in [0.15, 0.2) is 18.7 Å². The van der Waals surface area contributed by atoms with Gasteiger partial charge in [-0.2, -0.15) is 0 Å². The highest BCUT2D eigenvalue weighted by molar-refractivity contribution is 4.60. The lowest BCUT2D eigenvalue weighted by molar-refractivity contribution is -1.00. The fourth-order valence-corrected chi connectivity index (χ4v) is 1.39. The first-order valence-electron chi connectivity index (χ1n) is 3.95. The van der Waals surface area contributed by atoms with Crippen molar-refractivity contribution in [1.82, 2.24) is 0 Å². The predicted molar refractivity (Wildman–Crippen MR) is 45.5 cm³/mol. The van der Waals surface area contributed by atoms with Crippen LogP contribution in [0.4, 0.5) is 0 Å². The fourth-order valence-electron chi connectivity index (χ4n) is 1.39. The molecular formula is C8H18NO3+. The standard InChI is InChI=1S/C8H18NO3/c1-5-9(6(2)10,7(3)11)8(4)12/h5-8,10-12H,1H2,2-4H3/q+1. The van der Waals surface area contributed by atoms with E-state index < -0.39 is 18.7 Å². The summed E-state index contributed by atoms with van der Waals surface area (Å²) in [5.74, 6) is 0. The maximum atomic E-state index is 9.38. The maximum Gasteiger partial charge on any atom is 0.195 e. The van der Waals surface area contributed by atoms with Crippen LogP contribution in [0.3, 0.4) is 0 Å². The molecule has 0 aliphatic rings. The largest absolute Gasteiger partial charge is 0.345 e. The molecule has 72 valence electrons. The Labute approximate surface area is 73.0 Å². The van der Waals surface area contributed by atoms with E-state index in [1.54, 1.807) is 0 Å². The van der Waals surface area contributed by atoms with Crippen LogP contribution in [0.15, 0.2) is 12.8 Å². The van der Waals surface area contributed by atoms with E-state index in [0.717, 1.165) is 0 Å². The molecule has 0 spiro atoms. The van der Waals surface area contributed by atoms with Gasteiger partial charge in [0.25, 0.3) is 0 Å². The van der Waals surface area contributed by atoms with Crippen LogP contribution in [-0.2, 0) is 0 Å². The van der Waals surface area contributed by atoms with Gasteiger partial charge in [0.05, 0.1) is 6.20 Å². The Morgan fingerprint density at radius 1 is 1.00 bits per heavy atom. The summed E-state index contributed by atoms with van der Waals surface area (Å²) < 4.78 is -0.333. The van der Waals surface area contributed by atoms with Gasteiger partial charge < -0.3 is 15.3 Å². The minimum absolute atomic E-state index is 0.333. The van der Waals surface area contributed by atoms with Gasteiger partial charge in [0.2, 0.25) is 0 Å². The van der Waals surface area contributed by atoms with Crippen LogP contribution in [0, 0.1) is 0 Å². The molecule has 3 unspecified atom stereocenters. The monoisotopic (exact) mass is 176 g/mol. The third-order valence-corrected chi connectivity index (χ3v) is 2.26. The van der Waals surface area contributed by atoms with Crippen molar-refractivity contribution in [2.45, 2.75) is 39.5 Å². The zero-order valence-electron chi connectivity index (χ0n) is 7.81. The molecule has 4 heteroatoms. The maximum absolute atomic E-state index is 9.38. The van der Waals surface area contributed by atoms with Crippen molar-refractivity contribution in [1.29, 1.82) is 0 Å². The van der Waals surface area contributed by atoms with Crippen molar-refractivity contribution < 1.29 is 19.8 Å². The molecule has 0 saturated carbocycles. The Hall–Kier alpha value is -0.420. The van der Waals surface area contributed by atoms with Gasteiger partial charge in [0, 0.05) is 20.8 Å². The molecule has 0 heterocycles. The number of aliphatic hydroxyl groups is 3. The van der Waals surface area contributed by atoms with E-state index >= 15 is 0 Å². The SMILES string of the molecule is C=C[N+](C(C)O)(C(C)O)C(C)O. The average Bonchev–Trinajstić information content (AvgIpc) is 1.86. The summed E-state index contributed by atoms with van der Waals surface area (Å²) in [5.41, 5.74) is 0. The molecule has 0 aromatic carbocycles. The fraction of sp³-hybridized carbons (Fsp3) is 0.750. The minimum atomic E-state index is -0.887. The highest BCUT2D eigenvalue weighted by Crippen LogP contribution is 2.20. The van der Waals surface area contributed by atoms with Crippen LogP contribution < -0.4 is 0 Å². The lowest BCUT2D eigenvalue weighted by Crippen LogP contribution is -2.60. The number of nitrogens with zero attached hydrogens (tertiary/aromatic N) is 1. The average molecular weight is 176 g/mol. The molecule has 4 nitrogen and oxygen atoms in total. The van der Waals surface area contributed by atoms with E-state index in [2.05, 4.69) is 6.58 Å². The molecule has 0 radical (unpaired) electrons. The van der Waals surface area contributed by atoms with E-state index in [4.69, 9.17) is 0 Å². The summed E-state index contributed by atoms with van der Waals surface area (Å²) in [5, 5.41) is 28.2. The third kappa shape index (κ3) is 1.67. The summed E-state index contributed by atoms with van der Waals surface area (Å²) in [7, 11) is 0. The molecule has 12 heavy (non-hydrogen) atoms. The number of hydrogen-bond donors (Lipinski definition) is 3. The lowest BCUT2D eigenvalue weighted by Gasteiger charge is -2.41. The van der Waals surface area contributed by atoms with Crippen LogP contribution in [0.5, 0.6) is 0 Å². The second kappa shape index (κ2) is 4.00. The number of aliphatic hydroxyl groups excluding tert-OH is 3. The molecule has 0 fully saturated rings. The van der Waals surface area contributed by atoms with Crippen LogP contribution in [0.1, 0.15) is 20.8 Å². The van der Waals surface area contributed by atoms with Crippen molar-refractivity contribution >= 4 is 0 Å². The lowest BCUT2D eigenvalue weighted by atomic mass is 10.3. The number of rotatable bonds is 4. The normalized spacial score (nSPS) is 23.8. The van der Waals surface area contributed by atoms with Crippen molar-refractivity contribution in [3.05, 3.63) is 12.8 Å². The van der Waals surface area contributed by atoms with E-state index in [9.17, 15) is 15.3 Å². The van der Waals surface area contributed by atoms with E-state index in [-0.39, 0.29) is 4.48 Å². The van der Waals surface area contributed by atoms with Crippen LogP contribution >= 0.6 is 0 Å². The van der Waals surface area contributed by atoms with Gasteiger partial charge in [-0.25, -0.2) is 4.48 Å². The van der Waals surface area contributed by atoms with Crippen LogP contribution in [0.25, 0.3) is 0 Å².